The van der Waals surface area contributed by atoms with Crippen molar-refractivity contribution >= 4 is 31.7 Å². The van der Waals surface area contributed by atoms with Crippen LogP contribution in [0.3, 0.4) is 0 Å². The van der Waals surface area contributed by atoms with E-state index in [2.05, 4.69) is 0 Å². The molecule has 8 nitrogen and oxygen atoms in total. The van der Waals surface area contributed by atoms with Crippen LogP contribution in [0.1, 0.15) is 5.56 Å². The summed E-state index contributed by atoms with van der Waals surface area (Å²) in [4.78, 5) is 0.0916. The van der Waals surface area contributed by atoms with Gasteiger partial charge in [-0.15, -0.1) is 0 Å². The van der Waals surface area contributed by atoms with Crippen molar-refractivity contribution in [2.45, 2.75) is 11.8 Å². The molecule has 0 fully saturated rings. The van der Waals surface area contributed by atoms with Gasteiger partial charge < -0.3 is 29.0 Å². The summed E-state index contributed by atoms with van der Waals surface area (Å²) in [5, 5.41) is 32.5. The lowest BCUT2D eigenvalue weighted by Crippen LogP contribution is -2.09. The zero-order chi connectivity index (χ0) is 35.4. The number of aryl methyl sites for hydroxylation is 1. The summed E-state index contributed by atoms with van der Waals surface area (Å²) in [6.07, 6.45) is 0. The molecule has 0 saturated heterocycles. The van der Waals surface area contributed by atoms with Crippen LogP contribution in [0.5, 0.6) is 34.5 Å². The van der Waals surface area contributed by atoms with Crippen molar-refractivity contribution in [2.75, 3.05) is 14.2 Å². The first-order chi connectivity index (χ1) is 24.0. The standard InChI is InChI=1S/C24H20O5S.C17H14O3/c1-16-3-10-22(11-4-16)30(26,27)29-21-9-12-23(24(15-21)28-2)19-6-5-18-14-20(25)8-7-17(18)13-19;1-20-17-10-15(19)6-7-16(17)13-3-2-12-9-14(18)5-4-11(12)8-13/h3-15,25H,1-2H3;2-10,18-19H,1H3. The Bertz CT molecular complexity index is 2440. The van der Waals surface area contributed by atoms with Crippen LogP contribution in [0.2, 0.25) is 0 Å². The third-order valence-corrected chi connectivity index (χ3v) is 9.40. The molecule has 0 aliphatic heterocycles. The van der Waals surface area contributed by atoms with E-state index in [1.807, 2.05) is 61.5 Å². The van der Waals surface area contributed by atoms with Gasteiger partial charge in [0.05, 0.1) is 14.2 Å². The summed E-state index contributed by atoms with van der Waals surface area (Å²) in [6.45, 7) is 1.89. The van der Waals surface area contributed by atoms with E-state index in [1.54, 1.807) is 73.8 Å². The molecule has 7 aromatic rings. The number of aromatic hydroxyl groups is 3. The van der Waals surface area contributed by atoms with Crippen LogP contribution < -0.4 is 13.7 Å². The molecule has 0 saturated carbocycles. The molecular formula is C41H34O8S. The first-order valence-electron chi connectivity index (χ1n) is 15.6. The smallest absolute Gasteiger partial charge is 0.339 e. The average molecular weight is 687 g/mol. The monoisotopic (exact) mass is 686 g/mol. The molecule has 7 aromatic carbocycles. The van der Waals surface area contributed by atoms with E-state index in [0.717, 1.165) is 49.4 Å². The molecule has 9 heteroatoms. The number of hydrogen-bond donors (Lipinski definition) is 3. The summed E-state index contributed by atoms with van der Waals surface area (Å²) in [5.74, 6) is 1.93. The van der Waals surface area contributed by atoms with Gasteiger partial charge in [0.25, 0.3) is 0 Å². The second-order valence-corrected chi connectivity index (χ2v) is 13.1. The van der Waals surface area contributed by atoms with E-state index in [9.17, 15) is 23.7 Å². The van der Waals surface area contributed by atoms with Crippen LogP contribution in [0.4, 0.5) is 0 Å². The highest BCUT2D eigenvalue weighted by Gasteiger charge is 2.18. The molecule has 0 amide bonds. The van der Waals surface area contributed by atoms with Crippen molar-refractivity contribution in [3.63, 3.8) is 0 Å². The second-order valence-electron chi connectivity index (χ2n) is 11.6. The average Bonchev–Trinajstić information content (AvgIpc) is 3.11. The highest BCUT2D eigenvalue weighted by atomic mass is 32.2. The van der Waals surface area contributed by atoms with E-state index in [0.29, 0.717) is 11.5 Å². The minimum Gasteiger partial charge on any atom is -0.508 e. The Hall–Kier alpha value is -6.19. The van der Waals surface area contributed by atoms with Gasteiger partial charge in [0.15, 0.2) is 0 Å². The number of fused-ring (bicyclic) bond motifs is 2. The summed E-state index contributed by atoms with van der Waals surface area (Å²) in [7, 11) is -0.840. The normalized spacial score (nSPS) is 11.1. The van der Waals surface area contributed by atoms with Gasteiger partial charge in [0.1, 0.15) is 39.4 Å². The van der Waals surface area contributed by atoms with Crippen molar-refractivity contribution in [1.82, 2.24) is 0 Å². The van der Waals surface area contributed by atoms with Crippen LogP contribution in [0.15, 0.2) is 138 Å². The first-order valence-corrected chi connectivity index (χ1v) is 17.0. The summed E-state index contributed by atoms with van der Waals surface area (Å²) < 4.78 is 41.2. The van der Waals surface area contributed by atoms with Gasteiger partial charge in [-0.1, -0.05) is 54.1 Å². The fourth-order valence-electron chi connectivity index (χ4n) is 5.56. The fraction of sp³-hybridized carbons (Fsp3) is 0.0732. The van der Waals surface area contributed by atoms with E-state index in [4.69, 9.17) is 13.7 Å². The molecule has 0 radical (unpaired) electrons. The van der Waals surface area contributed by atoms with Gasteiger partial charge in [-0.05, 0) is 112 Å². The molecular weight excluding hydrogens is 653 g/mol. The molecule has 0 heterocycles. The maximum Gasteiger partial charge on any atom is 0.339 e. The van der Waals surface area contributed by atoms with E-state index < -0.39 is 10.1 Å². The molecule has 0 aromatic heterocycles. The Labute approximate surface area is 290 Å². The number of phenols is 3. The second kappa shape index (κ2) is 14.1. The Morgan fingerprint density at radius 2 is 0.920 bits per heavy atom. The number of ether oxygens (including phenoxy) is 2. The molecule has 50 heavy (non-hydrogen) atoms. The van der Waals surface area contributed by atoms with Crippen molar-refractivity contribution in [3.05, 3.63) is 139 Å². The van der Waals surface area contributed by atoms with Crippen LogP contribution >= 0.6 is 0 Å². The number of rotatable bonds is 7. The van der Waals surface area contributed by atoms with Crippen LogP contribution in [0.25, 0.3) is 43.8 Å². The third kappa shape index (κ3) is 7.43. The number of methoxy groups -OCH3 is 2. The predicted molar refractivity (Wildman–Crippen MR) is 196 cm³/mol. The minimum absolute atomic E-state index is 0.0916. The highest BCUT2D eigenvalue weighted by molar-refractivity contribution is 7.87. The zero-order valence-electron chi connectivity index (χ0n) is 27.5. The zero-order valence-corrected chi connectivity index (χ0v) is 28.3. The van der Waals surface area contributed by atoms with Crippen molar-refractivity contribution in [1.29, 1.82) is 0 Å². The van der Waals surface area contributed by atoms with Crippen molar-refractivity contribution < 1.29 is 37.4 Å². The lowest BCUT2D eigenvalue weighted by molar-refractivity contribution is 0.409. The quantitative estimate of drug-likeness (QED) is 0.142. The van der Waals surface area contributed by atoms with Gasteiger partial charge in [0, 0.05) is 23.3 Å². The molecule has 7 rings (SSSR count). The largest absolute Gasteiger partial charge is 0.508 e. The van der Waals surface area contributed by atoms with Crippen LogP contribution in [0, 0.1) is 6.92 Å². The molecule has 0 spiro atoms. The maximum atomic E-state index is 12.6. The van der Waals surface area contributed by atoms with Crippen LogP contribution in [-0.4, -0.2) is 38.0 Å². The highest BCUT2D eigenvalue weighted by Crippen LogP contribution is 2.37. The Morgan fingerprint density at radius 1 is 0.480 bits per heavy atom. The summed E-state index contributed by atoms with van der Waals surface area (Å²) in [5.41, 5.74) is 4.58. The number of benzene rings is 7. The topological polar surface area (TPSA) is 123 Å². The lowest BCUT2D eigenvalue weighted by Gasteiger charge is -2.13. The molecule has 0 aliphatic rings. The van der Waals surface area contributed by atoms with Gasteiger partial charge in [0.2, 0.25) is 0 Å². The molecule has 252 valence electrons. The molecule has 3 N–H and O–H groups in total. The Morgan fingerprint density at radius 3 is 1.46 bits per heavy atom. The summed E-state index contributed by atoms with van der Waals surface area (Å²) in [6, 6.07) is 38.7. The SMILES string of the molecule is COc1cc(O)ccc1-c1ccc2cc(O)ccc2c1.COc1cc(OS(=O)(=O)c2ccc(C)cc2)ccc1-c1ccc2cc(O)ccc2c1. The third-order valence-electron chi connectivity index (χ3n) is 8.14. The number of hydrogen-bond acceptors (Lipinski definition) is 8. The van der Waals surface area contributed by atoms with Crippen molar-refractivity contribution in [2.24, 2.45) is 0 Å². The van der Waals surface area contributed by atoms with E-state index in [-0.39, 0.29) is 27.9 Å². The Balaban J connectivity index is 0.000000187. The van der Waals surface area contributed by atoms with E-state index >= 15 is 0 Å². The van der Waals surface area contributed by atoms with Gasteiger partial charge in [-0.2, -0.15) is 8.42 Å². The van der Waals surface area contributed by atoms with E-state index in [1.165, 1.54) is 19.2 Å². The van der Waals surface area contributed by atoms with Gasteiger partial charge in [-0.25, -0.2) is 0 Å². The predicted octanol–water partition coefficient (Wildman–Crippen LogP) is 9.22. The first kappa shape index (κ1) is 33.7. The molecule has 0 atom stereocenters. The maximum absolute atomic E-state index is 12.6. The lowest BCUT2D eigenvalue weighted by atomic mass is 10.0. The Kier molecular flexibility index (Phi) is 9.51. The number of phenolic OH excluding ortho intramolecular Hbond substituents is 3. The minimum atomic E-state index is -3.94. The molecule has 0 bridgehead atoms. The van der Waals surface area contributed by atoms with Gasteiger partial charge in [-0.3, -0.25) is 0 Å². The van der Waals surface area contributed by atoms with Crippen LogP contribution in [-0.2, 0) is 10.1 Å². The fourth-order valence-corrected chi connectivity index (χ4v) is 6.48. The molecule has 0 unspecified atom stereocenters. The molecule has 0 aliphatic carbocycles. The van der Waals surface area contributed by atoms with Gasteiger partial charge >= 0.3 is 10.1 Å². The van der Waals surface area contributed by atoms with Crippen molar-refractivity contribution in [3.8, 4) is 56.8 Å². The summed E-state index contributed by atoms with van der Waals surface area (Å²) >= 11 is 0.